The molecule has 0 rings (SSSR count). The van der Waals surface area contributed by atoms with Gasteiger partial charge in [0.05, 0.1) is 0 Å². The number of hydrogen-bond donors (Lipinski definition) is 0. The van der Waals surface area contributed by atoms with Crippen LogP contribution >= 0.6 is 0 Å². The lowest BCUT2D eigenvalue weighted by Gasteiger charge is -2.18. The largest absolute Gasteiger partial charge is 0.462 e. The summed E-state index contributed by atoms with van der Waals surface area (Å²) in [5.41, 5.74) is 0. The molecule has 1 atom stereocenters. The van der Waals surface area contributed by atoms with E-state index in [1.807, 2.05) is 0 Å². The first-order valence-corrected chi connectivity index (χ1v) is 33.0. The molecule has 6 nitrogen and oxygen atoms in total. The number of rotatable bonds is 62. The van der Waals surface area contributed by atoms with Crippen LogP contribution in [0.15, 0.2) is 0 Å². The number of esters is 3. The van der Waals surface area contributed by atoms with E-state index in [4.69, 9.17) is 14.2 Å². The highest BCUT2D eigenvalue weighted by Gasteiger charge is 2.19. The lowest BCUT2D eigenvalue weighted by Crippen LogP contribution is -2.30. The molecule has 0 aromatic carbocycles. The van der Waals surface area contributed by atoms with Crippen molar-refractivity contribution in [3.8, 4) is 0 Å². The van der Waals surface area contributed by atoms with Crippen LogP contribution in [-0.2, 0) is 28.6 Å². The molecule has 0 aromatic rings. The molecule has 0 spiro atoms. The van der Waals surface area contributed by atoms with Gasteiger partial charge in [-0.15, -0.1) is 0 Å². The van der Waals surface area contributed by atoms with E-state index < -0.39 is 6.10 Å². The van der Waals surface area contributed by atoms with Gasteiger partial charge < -0.3 is 14.2 Å². The summed E-state index contributed by atoms with van der Waals surface area (Å²) in [5.74, 6) is -0.834. The third kappa shape index (κ3) is 59.3. The summed E-state index contributed by atoms with van der Waals surface area (Å²) in [6.45, 7) is 6.70. The van der Waals surface area contributed by atoms with Crippen LogP contribution in [0.25, 0.3) is 0 Å². The second-order valence-corrected chi connectivity index (χ2v) is 22.8. The van der Waals surface area contributed by atoms with E-state index in [2.05, 4.69) is 20.8 Å². The summed E-state index contributed by atoms with van der Waals surface area (Å²) in [6.07, 6.45) is 71.5. The lowest BCUT2D eigenvalue weighted by atomic mass is 10.0. The molecule has 0 fully saturated rings. The maximum Gasteiger partial charge on any atom is 0.306 e. The molecule has 72 heavy (non-hydrogen) atoms. The van der Waals surface area contributed by atoms with Crippen molar-refractivity contribution in [2.24, 2.45) is 0 Å². The van der Waals surface area contributed by atoms with E-state index in [0.717, 1.165) is 57.8 Å². The van der Waals surface area contributed by atoms with Crippen molar-refractivity contribution in [2.45, 2.75) is 393 Å². The summed E-state index contributed by atoms with van der Waals surface area (Å²) in [6, 6.07) is 0. The van der Waals surface area contributed by atoms with Crippen molar-refractivity contribution in [3.05, 3.63) is 0 Å². The molecule has 0 radical (unpaired) electrons. The fourth-order valence-electron chi connectivity index (χ4n) is 10.4. The van der Waals surface area contributed by atoms with Crippen LogP contribution < -0.4 is 0 Å². The van der Waals surface area contributed by atoms with E-state index in [0.29, 0.717) is 19.3 Å². The molecule has 6 heteroatoms. The SMILES string of the molecule is CCCCCCCCCCCCCCCCCCCCCCCCCCCCCCCCCCC(=O)OCC(COC(=O)CCCCCCCCCCCCC)OC(=O)CCCCCCCCCCCCC. The summed E-state index contributed by atoms with van der Waals surface area (Å²) in [7, 11) is 0. The quantitative estimate of drug-likeness (QED) is 0.0343. The predicted octanol–water partition coefficient (Wildman–Crippen LogP) is 22.3. The second-order valence-electron chi connectivity index (χ2n) is 22.8. The molecule has 0 aliphatic rings. The molecule has 0 heterocycles. The molecule has 0 aliphatic heterocycles. The van der Waals surface area contributed by atoms with Crippen LogP contribution in [0.2, 0.25) is 0 Å². The predicted molar refractivity (Wildman–Crippen MR) is 312 cm³/mol. The molecule has 0 aliphatic carbocycles. The van der Waals surface area contributed by atoms with Crippen LogP contribution in [0.3, 0.4) is 0 Å². The Morgan fingerprint density at radius 3 is 0.556 bits per heavy atom. The van der Waals surface area contributed by atoms with E-state index in [1.165, 1.54) is 289 Å². The Morgan fingerprint density at radius 1 is 0.222 bits per heavy atom. The Balaban J connectivity index is 3.95. The van der Waals surface area contributed by atoms with Gasteiger partial charge in [0, 0.05) is 19.3 Å². The van der Waals surface area contributed by atoms with Crippen LogP contribution in [-0.4, -0.2) is 37.2 Å². The average Bonchev–Trinajstić information content (AvgIpc) is 3.38. The van der Waals surface area contributed by atoms with Crippen molar-refractivity contribution in [1.29, 1.82) is 0 Å². The van der Waals surface area contributed by atoms with E-state index >= 15 is 0 Å². The Labute approximate surface area is 450 Å². The number of unbranched alkanes of at least 4 members (excludes halogenated alkanes) is 51. The molecule has 0 saturated heterocycles. The summed E-state index contributed by atoms with van der Waals surface area (Å²) in [4.78, 5) is 38.1. The first kappa shape index (κ1) is 70.4. The minimum atomic E-state index is -0.761. The molecule has 1 unspecified atom stereocenters. The van der Waals surface area contributed by atoms with E-state index in [-0.39, 0.29) is 31.1 Å². The molecule has 0 amide bonds. The Hall–Kier alpha value is -1.59. The fraction of sp³-hybridized carbons (Fsp3) is 0.955. The zero-order valence-corrected chi connectivity index (χ0v) is 49.2. The summed E-state index contributed by atoms with van der Waals surface area (Å²) >= 11 is 0. The number of carbonyl (C=O) groups excluding carboxylic acids is 3. The molecule has 0 aromatic heterocycles. The summed E-state index contributed by atoms with van der Waals surface area (Å²) < 4.78 is 16.9. The molecular weight excluding hydrogens is 889 g/mol. The van der Waals surface area contributed by atoms with E-state index in [9.17, 15) is 14.4 Å². The normalized spacial score (nSPS) is 11.9. The number of carbonyl (C=O) groups is 3. The maximum atomic E-state index is 12.8. The van der Waals surface area contributed by atoms with Crippen LogP contribution in [0.1, 0.15) is 387 Å². The van der Waals surface area contributed by atoms with Crippen molar-refractivity contribution in [2.75, 3.05) is 13.2 Å². The molecule has 428 valence electrons. The van der Waals surface area contributed by atoms with Gasteiger partial charge in [0.15, 0.2) is 6.10 Å². The molecule has 0 saturated carbocycles. The molecule has 0 N–H and O–H groups in total. The third-order valence-electron chi connectivity index (χ3n) is 15.4. The van der Waals surface area contributed by atoms with Crippen molar-refractivity contribution >= 4 is 17.9 Å². The first-order valence-electron chi connectivity index (χ1n) is 33.0. The van der Waals surface area contributed by atoms with Crippen LogP contribution in [0.5, 0.6) is 0 Å². The van der Waals surface area contributed by atoms with Gasteiger partial charge >= 0.3 is 17.9 Å². The first-order chi connectivity index (χ1) is 35.5. The standard InChI is InChI=1S/C66H128O6/c1-4-7-10-13-16-19-22-23-24-25-26-27-28-29-30-31-32-33-34-35-36-37-38-39-40-41-42-45-47-50-53-56-59-65(68)71-62-63(72-66(69)60-57-54-51-48-44-21-18-15-12-9-6-3)61-70-64(67)58-55-52-49-46-43-20-17-14-11-8-5-2/h63H,4-62H2,1-3H3. The second kappa shape index (κ2) is 62.0. The van der Waals surface area contributed by atoms with Crippen molar-refractivity contribution < 1.29 is 28.6 Å². The average molecular weight is 1020 g/mol. The van der Waals surface area contributed by atoms with Crippen LogP contribution in [0.4, 0.5) is 0 Å². The fourth-order valence-corrected chi connectivity index (χ4v) is 10.4. The Kier molecular flexibility index (Phi) is 60.6. The lowest BCUT2D eigenvalue weighted by molar-refractivity contribution is -0.167. The Bertz CT molecular complexity index is 1080. The minimum absolute atomic E-state index is 0.0613. The highest BCUT2D eigenvalue weighted by atomic mass is 16.6. The third-order valence-corrected chi connectivity index (χ3v) is 15.4. The van der Waals surface area contributed by atoms with Gasteiger partial charge in [0.1, 0.15) is 13.2 Å². The Morgan fingerprint density at radius 2 is 0.375 bits per heavy atom. The minimum Gasteiger partial charge on any atom is -0.462 e. The smallest absolute Gasteiger partial charge is 0.306 e. The molecular formula is C66H128O6. The van der Waals surface area contributed by atoms with Gasteiger partial charge in [0.25, 0.3) is 0 Å². The number of hydrogen-bond acceptors (Lipinski definition) is 6. The zero-order valence-electron chi connectivity index (χ0n) is 49.2. The monoisotopic (exact) mass is 1020 g/mol. The van der Waals surface area contributed by atoms with Gasteiger partial charge in [0.2, 0.25) is 0 Å². The maximum absolute atomic E-state index is 12.8. The summed E-state index contributed by atoms with van der Waals surface area (Å²) in [5, 5.41) is 0. The van der Waals surface area contributed by atoms with Crippen molar-refractivity contribution in [1.82, 2.24) is 0 Å². The van der Waals surface area contributed by atoms with Gasteiger partial charge in [-0.1, -0.05) is 348 Å². The molecule has 0 bridgehead atoms. The number of ether oxygens (including phenoxy) is 3. The van der Waals surface area contributed by atoms with Crippen LogP contribution in [0, 0.1) is 0 Å². The topological polar surface area (TPSA) is 78.9 Å². The highest BCUT2D eigenvalue weighted by molar-refractivity contribution is 5.71. The van der Waals surface area contributed by atoms with Crippen molar-refractivity contribution in [3.63, 3.8) is 0 Å². The highest BCUT2D eigenvalue weighted by Crippen LogP contribution is 2.19. The van der Waals surface area contributed by atoms with Gasteiger partial charge in [-0.25, -0.2) is 0 Å². The van der Waals surface area contributed by atoms with Gasteiger partial charge in [-0.2, -0.15) is 0 Å². The van der Waals surface area contributed by atoms with Gasteiger partial charge in [-0.3, -0.25) is 14.4 Å². The van der Waals surface area contributed by atoms with E-state index in [1.54, 1.807) is 0 Å². The van der Waals surface area contributed by atoms with Gasteiger partial charge in [-0.05, 0) is 19.3 Å². The zero-order chi connectivity index (χ0) is 52.2.